The molecule has 0 heterocycles. The fourth-order valence-electron chi connectivity index (χ4n) is 0.998. The molecule has 0 aliphatic rings. The van der Waals surface area contributed by atoms with Crippen LogP contribution in [0.25, 0.3) is 6.08 Å². The average Bonchev–Trinajstić information content (AvgIpc) is 2.14. The van der Waals surface area contributed by atoms with Crippen molar-refractivity contribution in [1.29, 1.82) is 0 Å². The van der Waals surface area contributed by atoms with Crippen molar-refractivity contribution in [1.82, 2.24) is 0 Å². The van der Waals surface area contributed by atoms with E-state index in [1.54, 1.807) is 0 Å². The normalized spacial score (nSPS) is 10.3. The SMILES string of the molecule is C=CCCC=Cc1ccccc1. The topological polar surface area (TPSA) is 0 Å². The largest absolute Gasteiger partial charge is 0.103 e. The van der Waals surface area contributed by atoms with Crippen LogP contribution in [0.5, 0.6) is 0 Å². The molecule has 1 aromatic rings. The molecule has 0 bridgehead atoms. The molecule has 12 heavy (non-hydrogen) atoms. The number of unbranched alkanes of at least 4 members (excludes halogenated alkanes) is 1. The van der Waals surface area contributed by atoms with Crippen LogP contribution in [0.3, 0.4) is 0 Å². The molecule has 0 nitrogen and oxygen atoms in total. The summed E-state index contributed by atoms with van der Waals surface area (Å²) in [5.41, 5.74) is 1.27. The maximum absolute atomic E-state index is 3.67. The van der Waals surface area contributed by atoms with Crippen molar-refractivity contribution in [2.75, 3.05) is 0 Å². The minimum Gasteiger partial charge on any atom is -0.103 e. The van der Waals surface area contributed by atoms with E-state index in [0.717, 1.165) is 12.8 Å². The van der Waals surface area contributed by atoms with E-state index in [-0.39, 0.29) is 0 Å². The van der Waals surface area contributed by atoms with Gasteiger partial charge in [0.15, 0.2) is 0 Å². The summed E-state index contributed by atoms with van der Waals surface area (Å²) in [5, 5.41) is 0. The van der Waals surface area contributed by atoms with Crippen LogP contribution >= 0.6 is 0 Å². The van der Waals surface area contributed by atoms with Crippen molar-refractivity contribution in [2.24, 2.45) is 0 Å². The minimum atomic E-state index is 1.06. The molecule has 0 aliphatic heterocycles. The lowest BCUT2D eigenvalue weighted by atomic mass is 10.2. The molecule has 0 N–H and O–H groups in total. The molecule has 0 heteroatoms. The summed E-state index contributed by atoms with van der Waals surface area (Å²) in [6.07, 6.45) is 8.40. The van der Waals surface area contributed by atoms with Gasteiger partial charge in [0, 0.05) is 0 Å². The Kier molecular flexibility index (Phi) is 3.93. The lowest BCUT2D eigenvalue weighted by Gasteiger charge is -1.90. The molecule has 0 amide bonds. The van der Waals surface area contributed by atoms with Crippen LogP contribution in [-0.2, 0) is 0 Å². The summed E-state index contributed by atoms with van der Waals surface area (Å²) in [5.74, 6) is 0. The summed E-state index contributed by atoms with van der Waals surface area (Å²) in [6, 6.07) is 10.3. The van der Waals surface area contributed by atoms with Gasteiger partial charge in [-0.3, -0.25) is 0 Å². The quantitative estimate of drug-likeness (QED) is 0.463. The number of hydrogen-bond donors (Lipinski definition) is 0. The Hall–Kier alpha value is -1.30. The lowest BCUT2D eigenvalue weighted by Crippen LogP contribution is -1.68. The fourth-order valence-corrected chi connectivity index (χ4v) is 0.998. The predicted octanol–water partition coefficient (Wildman–Crippen LogP) is 3.67. The highest BCUT2D eigenvalue weighted by atomic mass is 13.9. The Morgan fingerprint density at radius 1 is 1.08 bits per heavy atom. The second kappa shape index (κ2) is 5.36. The van der Waals surface area contributed by atoms with Crippen molar-refractivity contribution in [3.63, 3.8) is 0 Å². The van der Waals surface area contributed by atoms with Crippen molar-refractivity contribution in [3.8, 4) is 0 Å². The number of rotatable bonds is 4. The first-order chi connectivity index (χ1) is 5.93. The minimum absolute atomic E-state index is 1.06. The van der Waals surface area contributed by atoms with E-state index in [2.05, 4.69) is 30.9 Å². The van der Waals surface area contributed by atoms with E-state index in [1.807, 2.05) is 24.3 Å². The van der Waals surface area contributed by atoms with E-state index in [4.69, 9.17) is 0 Å². The van der Waals surface area contributed by atoms with Crippen molar-refractivity contribution in [2.45, 2.75) is 12.8 Å². The summed E-state index contributed by atoms with van der Waals surface area (Å²) in [6.45, 7) is 3.67. The molecule has 0 aromatic heterocycles. The zero-order valence-electron chi connectivity index (χ0n) is 7.24. The van der Waals surface area contributed by atoms with Crippen molar-refractivity contribution < 1.29 is 0 Å². The van der Waals surface area contributed by atoms with E-state index >= 15 is 0 Å². The molecule has 0 radical (unpaired) electrons. The molecule has 0 saturated heterocycles. The second-order valence-corrected chi connectivity index (χ2v) is 2.68. The third-order valence-corrected chi connectivity index (χ3v) is 1.65. The molecule has 1 rings (SSSR count). The first-order valence-corrected chi connectivity index (χ1v) is 4.26. The van der Waals surface area contributed by atoms with Gasteiger partial charge < -0.3 is 0 Å². The molecule has 1 aromatic carbocycles. The first kappa shape index (κ1) is 8.79. The van der Waals surface area contributed by atoms with Gasteiger partial charge in [-0.05, 0) is 18.4 Å². The van der Waals surface area contributed by atoms with Crippen molar-refractivity contribution in [3.05, 3.63) is 54.6 Å². The Morgan fingerprint density at radius 2 is 1.83 bits per heavy atom. The Balaban J connectivity index is 2.41. The van der Waals surface area contributed by atoms with Gasteiger partial charge >= 0.3 is 0 Å². The summed E-state index contributed by atoms with van der Waals surface area (Å²) < 4.78 is 0. The number of hydrogen-bond acceptors (Lipinski definition) is 0. The number of benzene rings is 1. The van der Waals surface area contributed by atoms with Crippen LogP contribution in [-0.4, -0.2) is 0 Å². The van der Waals surface area contributed by atoms with Crippen LogP contribution in [0.1, 0.15) is 18.4 Å². The van der Waals surface area contributed by atoms with E-state index in [0.29, 0.717) is 0 Å². The van der Waals surface area contributed by atoms with Crippen LogP contribution in [0.2, 0.25) is 0 Å². The van der Waals surface area contributed by atoms with Crippen molar-refractivity contribution >= 4 is 6.08 Å². The summed E-state index contributed by atoms with van der Waals surface area (Å²) in [4.78, 5) is 0. The van der Waals surface area contributed by atoms with Crippen LogP contribution < -0.4 is 0 Å². The number of allylic oxidation sites excluding steroid dienone is 2. The maximum Gasteiger partial charge on any atom is -0.0260 e. The highest BCUT2D eigenvalue weighted by Crippen LogP contribution is 2.02. The molecule has 0 fully saturated rings. The van der Waals surface area contributed by atoms with Gasteiger partial charge in [-0.1, -0.05) is 48.6 Å². The Bertz CT molecular complexity index is 244. The molecule has 62 valence electrons. The third-order valence-electron chi connectivity index (χ3n) is 1.65. The molecule has 0 unspecified atom stereocenters. The summed E-state index contributed by atoms with van der Waals surface area (Å²) in [7, 11) is 0. The molecule has 0 saturated carbocycles. The monoisotopic (exact) mass is 158 g/mol. The van der Waals surface area contributed by atoms with E-state index in [9.17, 15) is 0 Å². The Morgan fingerprint density at radius 3 is 2.50 bits per heavy atom. The second-order valence-electron chi connectivity index (χ2n) is 2.68. The van der Waals surface area contributed by atoms with E-state index in [1.165, 1.54) is 5.56 Å². The zero-order chi connectivity index (χ0) is 8.65. The predicted molar refractivity (Wildman–Crippen MR) is 54.9 cm³/mol. The van der Waals surface area contributed by atoms with E-state index < -0.39 is 0 Å². The third kappa shape index (κ3) is 3.20. The van der Waals surface area contributed by atoms with Crippen LogP contribution in [0.4, 0.5) is 0 Å². The average molecular weight is 158 g/mol. The van der Waals surface area contributed by atoms with Gasteiger partial charge in [-0.2, -0.15) is 0 Å². The van der Waals surface area contributed by atoms with Gasteiger partial charge in [-0.15, -0.1) is 6.58 Å². The van der Waals surface area contributed by atoms with Crippen LogP contribution in [0, 0.1) is 0 Å². The van der Waals surface area contributed by atoms with Gasteiger partial charge in [0.05, 0.1) is 0 Å². The van der Waals surface area contributed by atoms with Gasteiger partial charge in [0.25, 0.3) is 0 Å². The van der Waals surface area contributed by atoms with Gasteiger partial charge in [0.1, 0.15) is 0 Å². The Labute approximate surface area is 74.2 Å². The molecule has 0 spiro atoms. The highest BCUT2D eigenvalue weighted by Gasteiger charge is 1.81. The molecular weight excluding hydrogens is 144 g/mol. The standard InChI is InChI=1S/C12H14/c1-2-3-4-6-9-12-10-7-5-8-11-12/h2,5-11H,1,3-4H2. The zero-order valence-corrected chi connectivity index (χ0v) is 7.24. The first-order valence-electron chi connectivity index (χ1n) is 4.26. The molecular formula is C12H14. The fraction of sp³-hybridized carbons (Fsp3) is 0.167. The van der Waals surface area contributed by atoms with Gasteiger partial charge in [0.2, 0.25) is 0 Å². The molecule has 0 aliphatic carbocycles. The lowest BCUT2D eigenvalue weighted by molar-refractivity contribution is 1.06. The van der Waals surface area contributed by atoms with Gasteiger partial charge in [-0.25, -0.2) is 0 Å². The molecule has 0 atom stereocenters. The summed E-state index contributed by atoms with van der Waals surface area (Å²) >= 11 is 0. The maximum atomic E-state index is 3.67. The van der Waals surface area contributed by atoms with Crippen LogP contribution in [0.15, 0.2) is 49.1 Å². The smallest absolute Gasteiger partial charge is 0.0260 e. The highest BCUT2D eigenvalue weighted by molar-refractivity contribution is 5.48.